The Bertz CT molecular complexity index is 705. The second-order valence-electron chi connectivity index (χ2n) is 7.96. The van der Waals surface area contributed by atoms with Crippen molar-refractivity contribution < 1.29 is 19.4 Å². The zero-order chi connectivity index (χ0) is 19.4. The predicted molar refractivity (Wildman–Crippen MR) is 103 cm³/mol. The van der Waals surface area contributed by atoms with Crippen LogP contribution in [0.5, 0.6) is 5.75 Å². The number of amides is 2. The average Bonchev–Trinajstić information content (AvgIpc) is 2.67. The minimum Gasteiger partial charge on any atom is -0.507 e. The number of carbonyl (C=O) groups excluding carboxylic acids is 2. The lowest BCUT2D eigenvalue weighted by Crippen LogP contribution is -2.55. The number of rotatable bonds is 5. The zero-order valence-electron chi connectivity index (χ0n) is 16.4. The van der Waals surface area contributed by atoms with Crippen LogP contribution in [0.1, 0.15) is 48.0 Å². The van der Waals surface area contributed by atoms with Gasteiger partial charge in [-0.1, -0.05) is 12.1 Å². The summed E-state index contributed by atoms with van der Waals surface area (Å²) >= 11 is 0. The van der Waals surface area contributed by atoms with Crippen molar-refractivity contribution in [1.82, 2.24) is 9.80 Å². The summed E-state index contributed by atoms with van der Waals surface area (Å²) in [6, 6.07) is 5.29. The maximum atomic E-state index is 13.0. The summed E-state index contributed by atoms with van der Waals surface area (Å²) in [7, 11) is 1.67. The number of likely N-dealkylation sites (tertiary alicyclic amines) is 2. The second kappa shape index (κ2) is 8.30. The largest absolute Gasteiger partial charge is 0.507 e. The SMILES string of the molecule is COCCCN1C[C@@]2(CCCN(C(=O)c3cccc(C)c3O)C2)CCC1=O. The Balaban J connectivity index is 1.72. The predicted octanol–water partition coefficient (Wildman–Crippen LogP) is 2.58. The monoisotopic (exact) mass is 374 g/mol. The van der Waals surface area contributed by atoms with Gasteiger partial charge in [-0.3, -0.25) is 9.59 Å². The number of phenolic OH excluding ortho intramolecular Hbond substituents is 1. The van der Waals surface area contributed by atoms with Crippen molar-refractivity contribution in [2.45, 2.75) is 39.0 Å². The van der Waals surface area contributed by atoms with E-state index in [0.717, 1.165) is 25.7 Å². The molecule has 3 rings (SSSR count). The highest BCUT2D eigenvalue weighted by molar-refractivity contribution is 5.97. The topological polar surface area (TPSA) is 70.1 Å². The Morgan fingerprint density at radius 2 is 2.11 bits per heavy atom. The first kappa shape index (κ1) is 19.7. The molecule has 1 atom stereocenters. The molecule has 1 N–H and O–H groups in total. The lowest BCUT2D eigenvalue weighted by molar-refractivity contribution is -0.139. The fourth-order valence-corrected chi connectivity index (χ4v) is 4.42. The van der Waals surface area contributed by atoms with E-state index < -0.39 is 0 Å². The number of nitrogens with zero attached hydrogens (tertiary/aromatic N) is 2. The molecule has 0 saturated carbocycles. The molecule has 6 nitrogen and oxygen atoms in total. The molecular formula is C21H30N2O4. The van der Waals surface area contributed by atoms with E-state index >= 15 is 0 Å². The molecule has 0 bridgehead atoms. The van der Waals surface area contributed by atoms with E-state index in [1.54, 1.807) is 32.2 Å². The van der Waals surface area contributed by atoms with E-state index in [1.165, 1.54) is 0 Å². The third-order valence-electron chi connectivity index (χ3n) is 5.94. The van der Waals surface area contributed by atoms with Crippen LogP contribution in [0, 0.1) is 12.3 Å². The molecule has 27 heavy (non-hydrogen) atoms. The number of aryl methyl sites for hydroxylation is 1. The molecule has 0 aromatic heterocycles. The van der Waals surface area contributed by atoms with E-state index in [0.29, 0.717) is 50.3 Å². The van der Waals surface area contributed by atoms with Crippen LogP contribution >= 0.6 is 0 Å². The van der Waals surface area contributed by atoms with E-state index in [4.69, 9.17) is 4.74 Å². The number of hydrogen-bond acceptors (Lipinski definition) is 4. The van der Waals surface area contributed by atoms with Gasteiger partial charge in [0, 0.05) is 51.7 Å². The Morgan fingerprint density at radius 3 is 2.89 bits per heavy atom. The van der Waals surface area contributed by atoms with Crippen molar-refractivity contribution >= 4 is 11.8 Å². The number of ether oxygens (including phenoxy) is 1. The highest BCUT2D eigenvalue weighted by Gasteiger charge is 2.42. The maximum Gasteiger partial charge on any atom is 0.257 e. The van der Waals surface area contributed by atoms with E-state index in [2.05, 4.69) is 0 Å². The average molecular weight is 374 g/mol. The van der Waals surface area contributed by atoms with Crippen molar-refractivity contribution in [3.05, 3.63) is 29.3 Å². The number of piperidine rings is 2. The normalized spacial score (nSPS) is 23.1. The number of para-hydroxylation sites is 1. The van der Waals surface area contributed by atoms with Gasteiger partial charge in [-0.15, -0.1) is 0 Å². The molecule has 148 valence electrons. The van der Waals surface area contributed by atoms with Crippen LogP contribution in [0.25, 0.3) is 0 Å². The number of hydrogen-bond donors (Lipinski definition) is 1. The molecule has 1 aromatic rings. The van der Waals surface area contributed by atoms with Crippen molar-refractivity contribution in [2.75, 3.05) is 39.9 Å². The molecule has 2 aliphatic heterocycles. The Kier molecular flexibility index (Phi) is 6.05. The number of benzene rings is 1. The molecule has 2 aliphatic rings. The van der Waals surface area contributed by atoms with Crippen molar-refractivity contribution in [3.63, 3.8) is 0 Å². The minimum absolute atomic E-state index is 0.0334. The van der Waals surface area contributed by atoms with Gasteiger partial charge in [0.2, 0.25) is 5.91 Å². The molecular weight excluding hydrogens is 344 g/mol. The van der Waals surface area contributed by atoms with Gasteiger partial charge in [-0.25, -0.2) is 0 Å². The first-order chi connectivity index (χ1) is 13.0. The van der Waals surface area contributed by atoms with Gasteiger partial charge in [0.15, 0.2) is 0 Å². The van der Waals surface area contributed by atoms with Crippen LogP contribution in [0.2, 0.25) is 0 Å². The lowest BCUT2D eigenvalue weighted by atomic mass is 9.73. The van der Waals surface area contributed by atoms with Crippen LogP contribution in [-0.4, -0.2) is 66.6 Å². The van der Waals surface area contributed by atoms with E-state index in [1.807, 2.05) is 9.80 Å². The van der Waals surface area contributed by atoms with Gasteiger partial charge in [0.1, 0.15) is 5.75 Å². The van der Waals surface area contributed by atoms with Gasteiger partial charge in [-0.2, -0.15) is 0 Å². The molecule has 1 spiro atoms. The molecule has 0 radical (unpaired) electrons. The van der Waals surface area contributed by atoms with Crippen LogP contribution in [0.15, 0.2) is 18.2 Å². The molecule has 2 saturated heterocycles. The van der Waals surface area contributed by atoms with Gasteiger partial charge in [-0.05, 0) is 44.2 Å². The summed E-state index contributed by atoms with van der Waals surface area (Å²) in [4.78, 5) is 29.1. The van der Waals surface area contributed by atoms with Crippen molar-refractivity contribution in [2.24, 2.45) is 5.41 Å². The van der Waals surface area contributed by atoms with Gasteiger partial charge >= 0.3 is 0 Å². The molecule has 2 heterocycles. The fraction of sp³-hybridized carbons (Fsp3) is 0.619. The summed E-state index contributed by atoms with van der Waals surface area (Å²) in [5.41, 5.74) is 1.05. The summed E-state index contributed by atoms with van der Waals surface area (Å²) in [6.45, 7) is 5.21. The quantitative estimate of drug-likeness (QED) is 0.804. The first-order valence-electron chi connectivity index (χ1n) is 9.80. The molecule has 2 amide bonds. The number of aromatic hydroxyl groups is 1. The van der Waals surface area contributed by atoms with Crippen LogP contribution in [0.4, 0.5) is 0 Å². The van der Waals surface area contributed by atoms with E-state index in [9.17, 15) is 14.7 Å². The molecule has 6 heteroatoms. The summed E-state index contributed by atoms with van der Waals surface area (Å²) in [5, 5.41) is 10.3. The third kappa shape index (κ3) is 4.26. The Hall–Kier alpha value is -2.08. The second-order valence-corrected chi connectivity index (χ2v) is 7.96. The van der Waals surface area contributed by atoms with Crippen LogP contribution < -0.4 is 0 Å². The van der Waals surface area contributed by atoms with E-state index in [-0.39, 0.29) is 23.0 Å². The maximum absolute atomic E-state index is 13.0. The summed E-state index contributed by atoms with van der Waals surface area (Å²) in [6.07, 6.45) is 4.17. The molecule has 0 unspecified atom stereocenters. The van der Waals surface area contributed by atoms with Crippen molar-refractivity contribution in [3.8, 4) is 5.75 Å². The van der Waals surface area contributed by atoms with Crippen molar-refractivity contribution in [1.29, 1.82) is 0 Å². The zero-order valence-corrected chi connectivity index (χ0v) is 16.4. The summed E-state index contributed by atoms with van der Waals surface area (Å²) in [5.74, 6) is 0.164. The van der Waals surface area contributed by atoms with Crippen LogP contribution in [0.3, 0.4) is 0 Å². The third-order valence-corrected chi connectivity index (χ3v) is 5.94. The molecule has 2 fully saturated rings. The smallest absolute Gasteiger partial charge is 0.257 e. The number of phenols is 1. The Morgan fingerprint density at radius 1 is 1.30 bits per heavy atom. The molecule has 1 aromatic carbocycles. The minimum atomic E-state index is -0.113. The first-order valence-corrected chi connectivity index (χ1v) is 9.80. The summed E-state index contributed by atoms with van der Waals surface area (Å²) < 4.78 is 5.11. The van der Waals surface area contributed by atoms with Crippen LogP contribution in [-0.2, 0) is 9.53 Å². The van der Waals surface area contributed by atoms with Gasteiger partial charge in [0.05, 0.1) is 5.56 Å². The highest BCUT2D eigenvalue weighted by atomic mass is 16.5. The van der Waals surface area contributed by atoms with Gasteiger partial charge < -0.3 is 19.6 Å². The Labute approximate surface area is 161 Å². The standard InChI is InChI=1S/C21H30N2O4/c1-16-6-3-7-17(19(16)25)20(26)23-11-4-9-21(15-23)10-8-18(24)22(14-21)12-5-13-27-2/h3,6-7,25H,4-5,8-15H2,1-2H3/t21-/m1/s1. The number of carbonyl (C=O) groups is 2. The lowest BCUT2D eigenvalue weighted by Gasteiger charge is -2.48. The van der Waals surface area contributed by atoms with Gasteiger partial charge in [0.25, 0.3) is 5.91 Å². The highest BCUT2D eigenvalue weighted by Crippen LogP contribution is 2.39. The molecule has 0 aliphatic carbocycles. The number of methoxy groups -OCH3 is 1. The fourth-order valence-electron chi connectivity index (χ4n) is 4.42.